The molecule has 0 spiro atoms. The molecule has 0 amide bonds. The molecule has 2 nitrogen and oxygen atoms in total. The third-order valence-electron chi connectivity index (χ3n) is 1.82. The standard InChI is InChI=1S/C8H11Cl2NO/c9-4-7(10)5-11-3-1-2-8(12)6-11/h4H,1-3,5-6H2/b7-4+. The minimum absolute atomic E-state index is 0.292. The second-order valence-electron chi connectivity index (χ2n) is 2.91. The molecule has 0 N–H and O–H groups in total. The number of rotatable bonds is 2. The molecule has 1 rings (SSSR count). The molecular weight excluding hydrogens is 197 g/mol. The highest BCUT2D eigenvalue weighted by Gasteiger charge is 2.16. The Morgan fingerprint density at radius 2 is 2.42 bits per heavy atom. The molecule has 0 bridgehead atoms. The molecule has 0 aromatic heterocycles. The van der Waals surface area contributed by atoms with Gasteiger partial charge < -0.3 is 0 Å². The van der Waals surface area contributed by atoms with Gasteiger partial charge in [0, 0.05) is 23.5 Å². The fraction of sp³-hybridized carbons (Fsp3) is 0.625. The first-order chi connectivity index (χ1) is 5.72. The van der Waals surface area contributed by atoms with Gasteiger partial charge in [-0.05, 0) is 13.0 Å². The SMILES string of the molecule is O=C1CCCN(C/C(Cl)=C\Cl)C1. The van der Waals surface area contributed by atoms with E-state index in [4.69, 9.17) is 23.2 Å². The Labute approximate surface area is 82.1 Å². The van der Waals surface area contributed by atoms with E-state index in [-0.39, 0.29) is 0 Å². The number of nitrogens with zero attached hydrogens (tertiary/aromatic N) is 1. The Bertz CT molecular complexity index is 203. The van der Waals surface area contributed by atoms with Crippen LogP contribution in [0.2, 0.25) is 0 Å². The van der Waals surface area contributed by atoms with Crippen LogP contribution in [-0.2, 0) is 4.79 Å². The van der Waals surface area contributed by atoms with Crippen LogP contribution < -0.4 is 0 Å². The maximum atomic E-state index is 11.0. The van der Waals surface area contributed by atoms with E-state index in [2.05, 4.69) is 0 Å². The van der Waals surface area contributed by atoms with Crippen LogP contribution in [0.1, 0.15) is 12.8 Å². The number of carbonyl (C=O) groups is 1. The molecule has 0 saturated carbocycles. The van der Waals surface area contributed by atoms with Crippen molar-refractivity contribution in [3.8, 4) is 0 Å². The summed E-state index contributed by atoms with van der Waals surface area (Å²) in [5.74, 6) is 0.292. The van der Waals surface area contributed by atoms with Crippen LogP contribution in [-0.4, -0.2) is 30.3 Å². The van der Waals surface area contributed by atoms with Crippen molar-refractivity contribution in [3.63, 3.8) is 0 Å². The van der Waals surface area contributed by atoms with Gasteiger partial charge in [-0.1, -0.05) is 23.2 Å². The van der Waals surface area contributed by atoms with Gasteiger partial charge in [0.25, 0.3) is 0 Å². The number of hydrogen-bond donors (Lipinski definition) is 0. The van der Waals surface area contributed by atoms with Gasteiger partial charge in [0.05, 0.1) is 6.54 Å². The highest BCUT2D eigenvalue weighted by atomic mass is 35.5. The molecular formula is C8H11Cl2NO. The van der Waals surface area contributed by atoms with E-state index in [0.29, 0.717) is 30.3 Å². The van der Waals surface area contributed by atoms with Gasteiger partial charge in [0.2, 0.25) is 0 Å². The highest BCUT2D eigenvalue weighted by Crippen LogP contribution is 2.11. The van der Waals surface area contributed by atoms with Crippen LogP contribution in [0.5, 0.6) is 0 Å². The molecule has 1 fully saturated rings. The molecule has 1 saturated heterocycles. The van der Waals surface area contributed by atoms with Crippen molar-refractivity contribution in [2.75, 3.05) is 19.6 Å². The van der Waals surface area contributed by atoms with Crippen LogP contribution in [0, 0.1) is 0 Å². The molecule has 0 radical (unpaired) electrons. The predicted molar refractivity (Wildman–Crippen MR) is 50.5 cm³/mol. The summed E-state index contributed by atoms with van der Waals surface area (Å²) in [6, 6.07) is 0. The topological polar surface area (TPSA) is 20.3 Å². The Morgan fingerprint density at radius 3 is 3.00 bits per heavy atom. The summed E-state index contributed by atoms with van der Waals surface area (Å²) in [7, 11) is 0. The minimum atomic E-state index is 0.292. The highest BCUT2D eigenvalue weighted by molar-refractivity contribution is 6.36. The second kappa shape index (κ2) is 4.85. The molecule has 1 heterocycles. The Balaban J connectivity index is 2.37. The average molecular weight is 208 g/mol. The number of carbonyl (C=O) groups excluding carboxylic acids is 1. The van der Waals surface area contributed by atoms with Crippen molar-refractivity contribution in [3.05, 3.63) is 10.6 Å². The van der Waals surface area contributed by atoms with Gasteiger partial charge in [-0.2, -0.15) is 0 Å². The first-order valence-corrected chi connectivity index (χ1v) is 4.72. The van der Waals surface area contributed by atoms with E-state index >= 15 is 0 Å². The molecule has 0 aromatic rings. The van der Waals surface area contributed by atoms with E-state index in [0.717, 1.165) is 13.0 Å². The van der Waals surface area contributed by atoms with E-state index in [1.54, 1.807) is 0 Å². The van der Waals surface area contributed by atoms with Crippen LogP contribution in [0.4, 0.5) is 0 Å². The molecule has 0 aliphatic carbocycles. The van der Waals surface area contributed by atoms with E-state index in [1.165, 1.54) is 5.54 Å². The van der Waals surface area contributed by atoms with Crippen molar-refractivity contribution in [1.82, 2.24) is 4.90 Å². The number of hydrogen-bond acceptors (Lipinski definition) is 2. The number of halogens is 2. The van der Waals surface area contributed by atoms with E-state index in [1.807, 2.05) is 4.90 Å². The van der Waals surface area contributed by atoms with Crippen LogP contribution >= 0.6 is 23.2 Å². The zero-order valence-electron chi connectivity index (χ0n) is 6.72. The van der Waals surface area contributed by atoms with Gasteiger partial charge in [-0.3, -0.25) is 9.69 Å². The third kappa shape index (κ3) is 3.13. The summed E-state index contributed by atoms with van der Waals surface area (Å²) < 4.78 is 0. The first-order valence-electron chi connectivity index (χ1n) is 3.91. The summed E-state index contributed by atoms with van der Waals surface area (Å²) in [5, 5.41) is 0.589. The Morgan fingerprint density at radius 1 is 1.67 bits per heavy atom. The number of ketones is 1. The predicted octanol–water partition coefficient (Wildman–Crippen LogP) is 1.97. The lowest BCUT2D eigenvalue weighted by Crippen LogP contribution is -2.36. The lowest BCUT2D eigenvalue weighted by molar-refractivity contribution is -0.121. The molecule has 68 valence electrons. The average Bonchev–Trinajstić information content (AvgIpc) is 2.04. The van der Waals surface area contributed by atoms with Crippen molar-refractivity contribution in [2.45, 2.75) is 12.8 Å². The quantitative estimate of drug-likeness (QED) is 0.691. The first kappa shape index (κ1) is 10.0. The lowest BCUT2D eigenvalue weighted by Gasteiger charge is -2.24. The van der Waals surface area contributed by atoms with Gasteiger partial charge in [0.15, 0.2) is 0 Å². The fourth-order valence-corrected chi connectivity index (χ4v) is 1.53. The molecule has 4 heteroatoms. The maximum absolute atomic E-state index is 11.0. The van der Waals surface area contributed by atoms with Crippen molar-refractivity contribution >= 4 is 29.0 Å². The van der Waals surface area contributed by atoms with Gasteiger partial charge in [0.1, 0.15) is 5.78 Å². The summed E-state index contributed by atoms with van der Waals surface area (Å²) in [6.45, 7) is 2.05. The third-order valence-corrected chi connectivity index (χ3v) is 2.43. The zero-order chi connectivity index (χ0) is 8.97. The summed E-state index contributed by atoms with van der Waals surface area (Å²) in [6.07, 6.45) is 1.64. The van der Waals surface area contributed by atoms with E-state index < -0.39 is 0 Å². The van der Waals surface area contributed by atoms with Gasteiger partial charge in [-0.15, -0.1) is 0 Å². The molecule has 0 aromatic carbocycles. The second-order valence-corrected chi connectivity index (χ2v) is 3.61. The van der Waals surface area contributed by atoms with Gasteiger partial charge >= 0.3 is 0 Å². The van der Waals surface area contributed by atoms with Crippen LogP contribution in [0.3, 0.4) is 0 Å². The molecule has 0 unspecified atom stereocenters. The van der Waals surface area contributed by atoms with Crippen molar-refractivity contribution in [1.29, 1.82) is 0 Å². The van der Waals surface area contributed by atoms with Crippen molar-refractivity contribution < 1.29 is 4.79 Å². The largest absolute Gasteiger partial charge is 0.298 e. The Hall–Kier alpha value is -0.0500. The molecule has 0 atom stereocenters. The smallest absolute Gasteiger partial charge is 0.146 e. The van der Waals surface area contributed by atoms with E-state index in [9.17, 15) is 4.79 Å². The summed E-state index contributed by atoms with van der Waals surface area (Å²) in [5.41, 5.74) is 1.35. The fourth-order valence-electron chi connectivity index (χ4n) is 1.29. The molecule has 1 aliphatic heterocycles. The maximum Gasteiger partial charge on any atom is 0.146 e. The Kier molecular flexibility index (Phi) is 4.06. The molecule has 12 heavy (non-hydrogen) atoms. The van der Waals surface area contributed by atoms with Gasteiger partial charge in [-0.25, -0.2) is 0 Å². The van der Waals surface area contributed by atoms with Crippen LogP contribution in [0.25, 0.3) is 0 Å². The summed E-state index contributed by atoms with van der Waals surface area (Å²) >= 11 is 11.1. The monoisotopic (exact) mass is 207 g/mol. The number of piperidine rings is 1. The normalized spacial score (nSPS) is 21.5. The van der Waals surface area contributed by atoms with Crippen LogP contribution in [0.15, 0.2) is 10.6 Å². The zero-order valence-corrected chi connectivity index (χ0v) is 8.24. The number of Topliss-reactive ketones (excluding diaryl/α,β-unsaturated/α-hetero) is 1. The summed E-state index contributed by atoms with van der Waals surface area (Å²) in [4.78, 5) is 13.0. The molecule has 1 aliphatic rings. The lowest BCUT2D eigenvalue weighted by atomic mass is 10.1. The minimum Gasteiger partial charge on any atom is -0.298 e. The van der Waals surface area contributed by atoms with Crippen molar-refractivity contribution in [2.24, 2.45) is 0 Å². The number of likely N-dealkylation sites (tertiary alicyclic amines) is 1.